The van der Waals surface area contributed by atoms with Gasteiger partial charge in [0.25, 0.3) is 5.56 Å². The zero-order chi connectivity index (χ0) is 14.8. The molecule has 3 aromatic rings. The fraction of sp³-hybridized carbons (Fsp3) is 0. The number of primary amides is 1. The molecule has 0 aliphatic rings. The maximum Gasteiger partial charge on any atom is 0.280 e. The molecule has 1 amide bonds. The van der Waals surface area contributed by atoms with Gasteiger partial charge in [0.2, 0.25) is 5.91 Å². The third kappa shape index (κ3) is 2.75. The number of pyridine rings is 2. The van der Waals surface area contributed by atoms with Gasteiger partial charge in [-0.2, -0.15) is 0 Å². The summed E-state index contributed by atoms with van der Waals surface area (Å²) < 4.78 is 1.28. The Morgan fingerprint density at radius 2 is 2.05 bits per heavy atom. The van der Waals surface area contributed by atoms with Crippen molar-refractivity contribution in [2.75, 3.05) is 0 Å². The van der Waals surface area contributed by atoms with Crippen molar-refractivity contribution in [3.63, 3.8) is 0 Å². The number of H-pyrrole nitrogens is 1. The maximum absolute atomic E-state index is 12.4. The van der Waals surface area contributed by atoms with Crippen molar-refractivity contribution < 1.29 is 4.79 Å². The highest BCUT2D eigenvalue weighted by Gasteiger charge is 2.11. The van der Waals surface area contributed by atoms with Crippen LogP contribution in [0.4, 0.5) is 0 Å². The molecule has 3 aromatic heterocycles. The second-order valence-electron chi connectivity index (χ2n) is 4.34. The lowest BCUT2D eigenvalue weighted by Crippen LogP contribution is -2.18. The van der Waals surface area contributed by atoms with E-state index in [1.54, 1.807) is 36.8 Å². The zero-order valence-corrected chi connectivity index (χ0v) is 12.1. The molecule has 0 saturated carbocycles. The van der Waals surface area contributed by atoms with Gasteiger partial charge in [-0.3, -0.25) is 19.7 Å². The van der Waals surface area contributed by atoms with Crippen LogP contribution < -0.4 is 11.3 Å². The molecular formula is C14H12ClN5O2. The van der Waals surface area contributed by atoms with Crippen molar-refractivity contribution in [2.24, 2.45) is 5.73 Å². The highest BCUT2D eigenvalue weighted by atomic mass is 35.5. The molecule has 112 valence electrons. The van der Waals surface area contributed by atoms with E-state index in [-0.39, 0.29) is 23.5 Å². The Balaban J connectivity index is 0.00000176. The highest BCUT2D eigenvalue weighted by Crippen LogP contribution is 2.13. The van der Waals surface area contributed by atoms with Crippen LogP contribution in [0.3, 0.4) is 0 Å². The number of hydrogen-bond donors (Lipinski definition) is 2. The van der Waals surface area contributed by atoms with Gasteiger partial charge in [0.1, 0.15) is 0 Å². The molecule has 0 spiro atoms. The molecule has 22 heavy (non-hydrogen) atoms. The monoisotopic (exact) mass is 317 g/mol. The number of hydrogen-bond acceptors (Lipinski definition) is 4. The van der Waals surface area contributed by atoms with Crippen LogP contribution in [0.2, 0.25) is 0 Å². The fourth-order valence-electron chi connectivity index (χ4n) is 1.93. The Kier molecular flexibility index (Phi) is 4.38. The standard InChI is InChI=1S/C14H11N5O2.ClH/c15-13(20)10-3-4-12(17-7-10)19-14(21)11(8-18-19)9-2-1-5-16-6-9;/h1-8,18H,(H2,15,20);1H. The Hall–Kier alpha value is -2.93. The Labute approximate surface area is 131 Å². The normalized spacial score (nSPS) is 10.0. The minimum absolute atomic E-state index is 0. The molecule has 0 aromatic carbocycles. The van der Waals surface area contributed by atoms with E-state index in [1.807, 2.05) is 0 Å². The first-order chi connectivity index (χ1) is 10.2. The van der Waals surface area contributed by atoms with Crippen LogP contribution in [-0.4, -0.2) is 25.7 Å². The van der Waals surface area contributed by atoms with E-state index in [4.69, 9.17) is 5.73 Å². The van der Waals surface area contributed by atoms with Crippen LogP contribution in [0.1, 0.15) is 10.4 Å². The molecule has 0 bridgehead atoms. The van der Waals surface area contributed by atoms with Crippen molar-refractivity contribution in [3.8, 4) is 16.9 Å². The third-order valence-corrected chi connectivity index (χ3v) is 3.01. The van der Waals surface area contributed by atoms with Gasteiger partial charge in [0, 0.05) is 30.4 Å². The Morgan fingerprint density at radius 3 is 2.64 bits per heavy atom. The van der Waals surface area contributed by atoms with Crippen LogP contribution in [-0.2, 0) is 0 Å². The summed E-state index contributed by atoms with van der Waals surface area (Å²) in [7, 11) is 0. The SMILES string of the molecule is Cl.NC(=O)c1ccc(-n2[nH]cc(-c3cccnc3)c2=O)nc1. The zero-order valence-electron chi connectivity index (χ0n) is 11.3. The molecular weight excluding hydrogens is 306 g/mol. The Morgan fingerprint density at radius 1 is 1.23 bits per heavy atom. The average molecular weight is 318 g/mol. The minimum atomic E-state index is -0.566. The summed E-state index contributed by atoms with van der Waals surface area (Å²) in [5.41, 5.74) is 6.39. The largest absolute Gasteiger partial charge is 0.366 e. The van der Waals surface area contributed by atoms with Crippen LogP contribution in [0.25, 0.3) is 16.9 Å². The van der Waals surface area contributed by atoms with Gasteiger partial charge in [0.05, 0.1) is 11.1 Å². The van der Waals surface area contributed by atoms with Gasteiger partial charge < -0.3 is 5.73 Å². The number of aromatic nitrogens is 4. The van der Waals surface area contributed by atoms with Crippen molar-refractivity contribution in [1.29, 1.82) is 0 Å². The first kappa shape index (κ1) is 15.5. The van der Waals surface area contributed by atoms with Crippen molar-refractivity contribution in [2.45, 2.75) is 0 Å². The smallest absolute Gasteiger partial charge is 0.280 e. The number of halogens is 1. The number of aromatic amines is 1. The van der Waals surface area contributed by atoms with E-state index >= 15 is 0 Å². The van der Waals surface area contributed by atoms with E-state index in [1.165, 1.54) is 16.9 Å². The van der Waals surface area contributed by atoms with Crippen molar-refractivity contribution in [3.05, 3.63) is 65.0 Å². The molecule has 0 aliphatic carbocycles. The van der Waals surface area contributed by atoms with Crippen LogP contribution in [0.15, 0.2) is 53.8 Å². The highest BCUT2D eigenvalue weighted by molar-refractivity contribution is 5.92. The number of carbonyl (C=O) groups is 1. The second-order valence-corrected chi connectivity index (χ2v) is 4.34. The van der Waals surface area contributed by atoms with E-state index in [2.05, 4.69) is 15.1 Å². The summed E-state index contributed by atoms with van der Waals surface area (Å²) in [6, 6.07) is 6.62. The van der Waals surface area contributed by atoms with Crippen molar-refractivity contribution >= 4 is 18.3 Å². The number of nitrogens with two attached hydrogens (primary N) is 1. The quantitative estimate of drug-likeness (QED) is 0.755. The molecule has 0 fully saturated rings. The van der Waals surface area contributed by atoms with E-state index in [0.29, 0.717) is 16.9 Å². The fourth-order valence-corrected chi connectivity index (χ4v) is 1.93. The number of amides is 1. The first-order valence-electron chi connectivity index (χ1n) is 6.14. The lowest BCUT2D eigenvalue weighted by molar-refractivity contribution is 0.1000. The molecule has 8 heteroatoms. The predicted octanol–water partition coefficient (Wildman–Crippen LogP) is 1.14. The number of nitrogens with zero attached hydrogens (tertiary/aromatic N) is 3. The van der Waals surface area contributed by atoms with Gasteiger partial charge >= 0.3 is 0 Å². The molecule has 0 aliphatic heterocycles. The number of nitrogens with one attached hydrogen (secondary N) is 1. The van der Waals surface area contributed by atoms with Gasteiger partial charge in [-0.05, 0) is 18.2 Å². The molecule has 0 atom stereocenters. The second kappa shape index (κ2) is 6.23. The lowest BCUT2D eigenvalue weighted by atomic mass is 10.2. The molecule has 7 nitrogen and oxygen atoms in total. The maximum atomic E-state index is 12.4. The molecule has 0 radical (unpaired) electrons. The van der Waals surface area contributed by atoms with Crippen LogP contribution in [0, 0.1) is 0 Å². The topological polar surface area (TPSA) is 107 Å². The molecule has 0 unspecified atom stereocenters. The lowest BCUT2D eigenvalue weighted by Gasteiger charge is -2.01. The van der Waals surface area contributed by atoms with Gasteiger partial charge in [-0.1, -0.05) is 6.07 Å². The summed E-state index contributed by atoms with van der Waals surface area (Å²) in [4.78, 5) is 31.4. The van der Waals surface area contributed by atoms with Gasteiger partial charge in [-0.15, -0.1) is 12.4 Å². The summed E-state index contributed by atoms with van der Waals surface area (Å²) >= 11 is 0. The molecule has 3 heterocycles. The summed E-state index contributed by atoms with van der Waals surface area (Å²) in [6.45, 7) is 0. The van der Waals surface area contributed by atoms with Crippen LogP contribution in [0.5, 0.6) is 0 Å². The molecule has 3 rings (SSSR count). The van der Waals surface area contributed by atoms with Gasteiger partial charge in [0.15, 0.2) is 5.82 Å². The molecule has 0 saturated heterocycles. The molecule has 3 N–H and O–H groups in total. The number of carbonyl (C=O) groups excluding carboxylic acids is 1. The Bertz CT molecular complexity index is 840. The van der Waals surface area contributed by atoms with E-state index in [0.717, 1.165) is 0 Å². The predicted molar refractivity (Wildman–Crippen MR) is 83.2 cm³/mol. The van der Waals surface area contributed by atoms with Crippen LogP contribution >= 0.6 is 12.4 Å². The van der Waals surface area contributed by atoms with Gasteiger partial charge in [-0.25, -0.2) is 9.67 Å². The van der Waals surface area contributed by atoms with Crippen molar-refractivity contribution in [1.82, 2.24) is 19.7 Å². The minimum Gasteiger partial charge on any atom is -0.366 e. The summed E-state index contributed by atoms with van der Waals surface area (Å²) in [5.74, 6) is -0.191. The van der Waals surface area contributed by atoms with E-state index in [9.17, 15) is 9.59 Å². The van der Waals surface area contributed by atoms with E-state index < -0.39 is 5.91 Å². The third-order valence-electron chi connectivity index (χ3n) is 3.01. The number of rotatable bonds is 3. The summed E-state index contributed by atoms with van der Waals surface area (Å²) in [6.07, 6.45) is 6.16. The first-order valence-corrected chi connectivity index (χ1v) is 6.14. The average Bonchev–Trinajstić information content (AvgIpc) is 2.90. The summed E-state index contributed by atoms with van der Waals surface area (Å²) in [5, 5.41) is 2.84.